The molecule has 3 N–H and O–H groups in total. The summed E-state index contributed by atoms with van der Waals surface area (Å²) >= 11 is 5.85. The van der Waals surface area contributed by atoms with Gasteiger partial charge in [-0.05, 0) is 39.0 Å². The molecule has 0 radical (unpaired) electrons. The van der Waals surface area contributed by atoms with Crippen molar-refractivity contribution in [2.24, 2.45) is 5.50 Å². The Kier molecular flexibility index (Phi) is 5.49. The number of hydrogen-bond donors (Lipinski definition) is 2. The number of nitrogens with one attached hydrogen (secondary N) is 1. The lowest BCUT2D eigenvalue weighted by atomic mass is 10.3. The fraction of sp³-hybridized carbons (Fsp3) is 1.00. The van der Waals surface area contributed by atoms with E-state index < -0.39 is 7.58 Å². The van der Waals surface area contributed by atoms with Crippen molar-refractivity contribution in [1.29, 1.82) is 5.16 Å². The average Bonchev–Trinajstić information content (AvgIpc) is 2.01. The molecule has 0 aliphatic carbocycles. The zero-order valence-electron chi connectivity index (χ0n) is 8.62. The lowest BCUT2D eigenvalue weighted by Gasteiger charge is -2.29. The van der Waals surface area contributed by atoms with Gasteiger partial charge in [-0.3, -0.25) is 10.7 Å². The highest BCUT2D eigenvalue weighted by Gasteiger charge is 2.25. The van der Waals surface area contributed by atoms with Crippen molar-refractivity contribution < 1.29 is 4.52 Å². The number of nitrogens with two attached hydrogens (primary N) is 1. The van der Waals surface area contributed by atoms with E-state index in [4.69, 9.17) is 27.0 Å². The predicted octanol–water partition coefficient (Wildman–Crippen LogP) is 3.15. The molecule has 6 heteroatoms. The van der Waals surface area contributed by atoms with Gasteiger partial charge < -0.3 is 4.52 Å². The van der Waals surface area contributed by atoms with Crippen LogP contribution in [0.4, 0.5) is 0 Å². The number of nitrogens with zero attached hydrogens (tertiary/aromatic N) is 1. The van der Waals surface area contributed by atoms with Gasteiger partial charge >= 0.3 is 0 Å². The summed E-state index contributed by atoms with van der Waals surface area (Å²) in [5, 5.41) is 7.76. The maximum absolute atomic E-state index is 7.76. The van der Waals surface area contributed by atoms with Crippen LogP contribution in [0.25, 0.3) is 0 Å². The molecule has 0 saturated heterocycles. The van der Waals surface area contributed by atoms with Crippen molar-refractivity contribution >= 4 is 19.4 Å². The largest absolute Gasteiger partial charge is 0.318 e. The van der Waals surface area contributed by atoms with Gasteiger partial charge in [-0.15, -0.1) is 4.19 Å². The van der Waals surface area contributed by atoms with Gasteiger partial charge in [0.2, 0.25) is 7.58 Å². The molecular formula is C7H19ClN3OP. The van der Waals surface area contributed by atoms with Gasteiger partial charge in [0.25, 0.3) is 0 Å². The SMILES string of the molecule is CCC(C)OP(=N)(N)N(Cl)C(C)C. The quantitative estimate of drug-likeness (QED) is 0.560. The van der Waals surface area contributed by atoms with Crippen molar-refractivity contribution in [2.45, 2.75) is 46.3 Å². The molecule has 2 atom stereocenters. The molecule has 0 aromatic carbocycles. The predicted molar refractivity (Wildman–Crippen MR) is 57.5 cm³/mol. The average molecular weight is 228 g/mol. The van der Waals surface area contributed by atoms with Crippen LogP contribution in [0.3, 0.4) is 0 Å². The Labute approximate surface area is 85.5 Å². The van der Waals surface area contributed by atoms with Crippen molar-refractivity contribution in [3.8, 4) is 0 Å². The topological polar surface area (TPSA) is 62.3 Å². The van der Waals surface area contributed by atoms with E-state index in [2.05, 4.69) is 0 Å². The second kappa shape index (κ2) is 5.32. The first-order valence-electron chi connectivity index (χ1n) is 4.37. The highest BCUT2D eigenvalue weighted by atomic mass is 35.5. The van der Waals surface area contributed by atoms with Crippen molar-refractivity contribution in [1.82, 2.24) is 4.19 Å². The first kappa shape index (κ1) is 13.4. The molecule has 0 rings (SSSR count). The third kappa shape index (κ3) is 4.43. The summed E-state index contributed by atoms with van der Waals surface area (Å²) in [6.45, 7) is 7.63. The van der Waals surface area contributed by atoms with Crippen molar-refractivity contribution in [3.05, 3.63) is 0 Å². The molecule has 13 heavy (non-hydrogen) atoms. The first-order valence-corrected chi connectivity index (χ1v) is 6.44. The monoisotopic (exact) mass is 227 g/mol. The third-order valence-electron chi connectivity index (χ3n) is 1.63. The summed E-state index contributed by atoms with van der Waals surface area (Å²) in [5.41, 5.74) is 5.69. The van der Waals surface area contributed by atoms with Gasteiger partial charge in [-0.2, -0.15) is 0 Å². The van der Waals surface area contributed by atoms with Crippen LogP contribution >= 0.6 is 19.4 Å². The summed E-state index contributed by atoms with van der Waals surface area (Å²) in [4.78, 5) is 0. The molecule has 4 nitrogen and oxygen atoms in total. The Morgan fingerprint density at radius 1 is 1.54 bits per heavy atom. The van der Waals surface area contributed by atoms with Crippen LogP contribution in [0.15, 0.2) is 0 Å². The van der Waals surface area contributed by atoms with E-state index in [0.29, 0.717) is 0 Å². The van der Waals surface area contributed by atoms with Crippen LogP contribution in [-0.2, 0) is 4.52 Å². The Balaban J connectivity index is 4.30. The minimum absolute atomic E-state index is 0.0153. The molecule has 0 bridgehead atoms. The molecule has 0 aromatic heterocycles. The molecule has 0 aromatic rings. The maximum Gasteiger partial charge on any atom is 0.234 e. The Hall–Kier alpha value is 0.400. The van der Waals surface area contributed by atoms with E-state index in [0.717, 1.165) is 6.42 Å². The Morgan fingerprint density at radius 3 is 2.31 bits per heavy atom. The van der Waals surface area contributed by atoms with Gasteiger partial charge in [0, 0.05) is 6.04 Å². The number of hydrogen-bond acceptors (Lipinski definition) is 2. The van der Waals surface area contributed by atoms with E-state index >= 15 is 0 Å². The molecule has 2 unspecified atom stereocenters. The fourth-order valence-electron chi connectivity index (χ4n) is 0.737. The van der Waals surface area contributed by atoms with Crippen LogP contribution in [0, 0.1) is 5.16 Å². The lowest BCUT2D eigenvalue weighted by molar-refractivity contribution is 0.220. The summed E-state index contributed by atoms with van der Waals surface area (Å²) in [6, 6.07) is 0.0153. The van der Waals surface area contributed by atoms with Crippen LogP contribution < -0.4 is 5.50 Å². The lowest BCUT2D eigenvalue weighted by Crippen LogP contribution is -2.25. The van der Waals surface area contributed by atoms with Crippen LogP contribution in [-0.4, -0.2) is 16.3 Å². The van der Waals surface area contributed by atoms with Gasteiger partial charge in [-0.1, -0.05) is 6.92 Å². The zero-order chi connectivity index (χ0) is 10.6. The Bertz CT molecular complexity index is 200. The number of halogens is 1. The summed E-state index contributed by atoms with van der Waals surface area (Å²) in [6.07, 6.45) is 0.816. The van der Waals surface area contributed by atoms with Crippen molar-refractivity contribution in [3.63, 3.8) is 0 Å². The van der Waals surface area contributed by atoms with E-state index in [1.165, 1.54) is 4.19 Å². The minimum atomic E-state index is -2.81. The minimum Gasteiger partial charge on any atom is -0.318 e. The van der Waals surface area contributed by atoms with Gasteiger partial charge in [0.05, 0.1) is 6.10 Å². The molecule has 0 aliphatic rings. The molecular weight excluding hydrogens is 209 g/mol. The van der Waals surface area contributed by atoms with E-state index in [1.807, 2.05) is 27.7 Å². The Morgan fingerprint density at radius 2 is 2.00 bits per heavy atom. The van der Waals surface area contributed by atoms with Crippen LogP contribution in [0.5, 0.6) is 0 Å². The molecule has 0 heterocycles. The van der Waals surface area contributed by atoms with E-state index in [-0.39, 0.29) is 12.1 Å². The van der Waals surface area contributed by atoms with E-state index in [1.54, 1.807) is 0 Å². The second-order valence-electron chi connectivity index (χ2n) is 3.33. The summed E-state index contributed by atoms with van der Waals surface area (Å²) in [5.74, 6) is 0. The van der Waals surface area contributed by atoms with Crippen LogP contribution in [0.2, 0.25) is 0 Å². The molecule has 0 fully saturated rings. The van der Waals surface area contributed by atoms with Gasteiger partial charge in [-0.25, -0.2) is 0 Å². The van der Waals surface area contributed by atoms with Crippen molar-refractivity contribution in [2.75, 3.05) is 0 Å². The molecule has 80 valence electrons. The van der Waals surface area contributed by atoms with E-state index in [9.17, 15) is 0 Å². The highest BCUT2D eigenvalue weighted by Crippen LogP contribution is 2.47. The fourth-order valence-corrected chi connectivity index (χ4v) is 2.32. The van der Waals surface area contributed by atoms with Gasteiger partial charge in [0.1, 0.15) is 0 Å². The number of rotatable bonds is 5. The van der Waals surface area contributed by atoms with Gasteiger partial charge in [0.15, 0.2) is 0 Å². The second-order valence-corrected chi connectivity index (χ2v) is 5.82. The molecule has 0 saturated carbocycles. The zero-order valence-corrected chi connectivity index (χ0v) is 10.3. The molecule has 0 aliphatic heterocycles. The normalized spacial score (nSPS) is 19.1. The third-order valence-corrected chi connectivity index (χ3v) is 4.40. The standard InChI is InChI=1S/C7H19ClN3OP/c1-5-7(4)12-13(9,10)11(8)6(2)3/h6-7H,5H2,1-4H3,(H3,9,10). The first-order chi connectivity index (χ1) is 5.81. The van der Waals surface area contributed by atoms with Crippen LogP contribution in [0.1, 0.15) is 34.1 Å². The summed E-state index contributed by atoms with van der Waals surface area (Å²) < 4.78 is 6.64. The molecule has 0 spiro atoms. The smallest absolute Gasteiger partial charge is 0.234 e. The highest BCUT2D eigenvalue weighted by molar-refractivity contribution is 7.56. The maximum atomic E-state index is 7.76. The molecule has 0 amide bonds. The summed E-state index contributed by atoms with van der Waals surface area (Å²) in [7, 11) is -2.81.